The van der Waals surface area contributed by atoms with Crippen molar-refractivity contribution in [1.82, 2.24) is 4.90 Å². The lowest BCUT2D eigenvalue weighted by atomic mass is 9.88. The van der Waals surface area contributed by atoms with Crippen molar-refractivity contribution < 1.29 is 13.6 Å². The molecule has 0 spiro atoms. The molecule has 21 heavy (non-hydrogen) atoms. The Balaban J connectivity index is 1.98. The van der Waals surface area contributed by atoms with Gasteiger partial charge in [-0.1, -0.05) is 19.3 Å². The number of rotatable bonds is 5. The highest BCUT2D eigenvalue weighted by Crippen LogP contribution is 2.25. The lowest BCUT2D eigenvalue weighted by Gasteiger charge is -2.30. The zero-order valence-electron chi connectivity index (χ0n) is 12.7. The lowest BCUT2D eigenvalue weighted by molar-refractivity contribution is 0.0841. The van der Waals surface area contributed by atoms with Crippen molar-refractivity contribution in [2.45, 2.75) is 45.1 Å². The van der Waals surface area contributed by atoms with E-state index in [0.29, 0.717) is 5.92 Å². The van der Waals surface area contributed by atoms with Gasteiger partial charge in [0.25, 0.3) is 0 Å². The third-order valence-corrected chi connectivity index (χ3v) is 4.52. The summed E-state index contributed by atoms with van der Waals surface area (Å²) < 4.78 is 26.2. The Hall–Kier alpha value is -1.29. The smallest absolute Gasteiger partial charge is 0.179 e. The van der Waals surface area contributed by atoms with E-state index in [9.17, 15) is 13.6 Å². The molecule has 4 heteroatoms. The molecule has 1 aliphatic rings. The summed E-state index contributed by atoms with van der Waals surface area (Å²) in [6.07, 6.45) is 6.28. The highest BCUT2D eigenvalue weighted by Gasteiger charge is 2.23. The van der Waals surface area contributed by atoms with Gasteiger partial charge in [-0.15, -0.1) is 0 Å². The Kier molecular flexibility index (Phi) is 5.45. The molecular weight excluding hydrogens is 272 g/mol. The van der Waals surface area contributed by atoms with Gasteiger partial charge < -0.3 is 0 Å². The molecular formula is C17H23F2NO. The van der Waals surface area contributed by atoms with Crippen LogP contribution in [0.4, 0.5) is 8.78 Å². The molecule has 0 saturated heterocycles. The summed E-state index contributed by atoms with van der Waals surface area (Å²) in [4.78, 5) is 14.4. The van der Waals surface area contributed by atoms with Crippen molar-refractivity contribution in [3.63, 3.8) is 0 Å². The van der Waals surface area contributed by atoms with E-state index in [1.807, 2.05) is 18.9 Å². The van der Waals surface area contributed by atoms with Gasteiger partial charge in [0.05, 0.1) is 6.04 Å². The Morgan fingerprint density at radius 3 is 2.52 bits per heavy atom. The fourth-order valence-corrected chi connectivity index (χ4v) is 3.03. The van der Waals surface area contributed by atoms with Crippen LogP contribution in [0.15, 0.2) is 18.2 Å². The first-order valence-corrected chi connectivity index (χ1v) is 7.68. The standard InChI is InChI=1S/C17H23F2NO/c1-12(20(2)11-13-6-4-3-5-7-13)17(21)14-8-9-15(18)16(19)10-14/h8-10,12-13H,3-7,11H2,1-2H3. The highest BCUT2D eigenvalue weighted by molar-refractivity contribution is 5.99. The Labute approximate surface area is 125 Å². The molecule has 0 amide bonds. The molecule has 1 unspecified atom stereocenters. The average Bonchev–Trinajstić information content (AvgIpc) is 2.49. The molecule has 1 aromatic carbocycles. The Morgan fingerprint density at radius 1 is 1.24 bits per heavy atom. The number of Topliss-reactive ketones (excluding diaryl/α,β-unsaturated/α-hetero) is 1. The number of hydrogen-bond donors (Lipinski definition) is 0. The first-order chi connectivity index (χ1) is 9.99. The second-order valence-corrected chi connectivity index (χ2v) is 6.11. The highest BCUT2D eigenvalue weighted by atomic mass is 19.2. The third kappa shape index (κ3) is 4.10. The van der Waals surface area contributed by atoms with Crippen molar-refractivity contribution in [1.29, 1.82) is 0 Å². The molecule has 1 saturated carbocycles. The van der Waals surface area contributed by atoms with Crippen molar-refractivity contribution in [2.75, 3.05) is 13.6 Å². The lowest BCUT2D eigenvalue weighted by Crippen LogP contribution is -2.39. The summed E-state index contributed by atoms with van der Waals surface area (Å²) in [7, 11) is 1.93. The van der Waals surface area contributed by atoms with Crippen LogP contribution >= 0.6 is 0 Å². The molecule has 2 rings (SSSR count). The zero-order chi connectivity index (χ0) is 15.4. The van der Waals surface area contributed by atoms with Crippen molar-refractivity contribution >= 4 is 5.78 Å². The van der Waals surface area contributed by atoms with Crippen LogP contribution in [-0.2, 0) is 0 Å². The molecule has 1 fully saturated rings. The predicted molar refractivity (Wildman–Crippen MR) is 79.4 cm³/mol. The van der Waals surface area contributed by atoms with Crippen LogP contribution < -0.4 is 0 Å². The van der Waals surface area contributed by atoms with Crippen LogP contribution in [0.3, 0.4) is 0 Å². The maximum absolute atomic E-state index is 13.2. The van der Waals surface area contributed by atoms with E-state index in [4.69, 9.17) is 0 Å². The van der Waals surface area contributed by atoms with Gasteiger partial charge in [0.1, 0.15) is 0 Å². The van der Waals surface area contributed by atoms with Gasteiger partial charge in [-0.3, -0.25) is 9.69 Å². The van der Waals surface area contributed by atoms with E-state index in [1.54, 1.807) is 0 Å². The quantitative estimate of drug-likeness (QED) is 0.764. The Bertz CT molecular complexity index is 498. The second kappa shape index (κ2) is 7.12. The number of carbonyl (C=O) groups is 1. The first kappa shape index (κ1) is 16.1. The number of nitrogens with zero attached hydrogens (tertiary/aromatic N) is 1. The number of carbonyl (C=O) groups excluding carboxylic acids is 1. The van der Waals surface area contributed by atoms with Gasteiger partial charge in [-0.25, -0.2) is 8.78 Å². The van der Waals surface area contributed by atoms with Gasteiger partial charge in [-0.2, -0.15) is 0 Å². The third-order valence-electron chi connectivity index (χ3n) is 4.52. The summed E-state index contributed by atoms with van der Waals surface area (Å²) in [6, 6.07) is 3.03. The molecule has 0 bridgehead atoms. The van der Waals surface area contributed by atoms with E-state index in [1.165, 1.54) is 38.2 Å². The summed E-state index contributed by atoms with van der Waals surface area (Å²) in [6.45, 7) is 2.71. The fourth-order valence-electron chi connectivity index (χ4n) is 3.03. The average molecular weight is 295 g/mol. The minimum Gasteiger partial charge on any atom is -0.296 e. The van der Waals surface area contributed by atoms with Crippen molar-refractivity contribution in [3.05, 3.63) is 35.4 Å². The van der Waals surface area contributed by atoms with Crippen LogP contribution in [-0.4, -0.2) is 30.3 Å². The summed E-state index contributed by atoms with van der Waals surface area (Å²) in [5, 5.41) is 0. The second-order valence-electron chi connectivity index (χ2n) is 6.11. The van der Waals surface area contributed by atoms with Crippen LogP contribution in [0.1, 0.15) is 49.4 Å². The molecule has 0 aromatic heterocycles. The minimum atomic E-state index is -0.969. The number of hydrogen-bond acceptors (Lipinski definition) is 2. The van der Waals surface area contributed by atoms with Crippen LogP contribution in [0.25, 0.3) is 0 Å². The predicted octanol–water partition coefficient (Wildman–Crippen LogP) is 4.05. The van der Waals surface area contributed by atoms with E-state index in [-0.39, 0.29) is 17.4 Å². The van der Waals surface area contributed by atoms with Crippen molar-refractivity contribution in [3.8, 4) is 0 Å². The maximum atomic E-state index is 13.2. The number of halogens is 2. The summed E-state index contributed by atoms with van der Waals surface area (Å²) in [5.74, 6) is -1.41. The van der Waals surface area contributed by atoms with E-state index >= 15 is 0 Å². The molecule has 0 radical (unpaired) electrons. The molecule has 0 heterocycles. The molecule has 1 aliphatic carbocycles. The number of likely N-dealkylation sites (N-methyl/N-ethyl adjacent to an activating group) is 1. The molecule has 0 N–H and O–H groups in total. The molecule has 1 atom stereocenters. The van der Waals surface area contributed by atoms with E-state index in [0.717, 1.165) is 18.7 Å². The topological polar surface area (TPSA) is 20.3 Å². The van der Waals surface area contributed by atoms with Gasteiger partial charge in [0.15, 0.2) is 17.4 Å². The van der Waals surface area contributed by atoms with Crippen LogP contribution in [0.2, 0.25) is 0 Å². The van der Waals surface area contributed by atoms with Crippen LogP contribution in [0, 0.1) is 17.6 Å². The SMILES string of the molecule is CC(C(=O)c1ccc(F)c(F)c1)N(C)CC1CCCCC1. The van der Waals surface area contributed by atoms with Crippen LogP contribution in [0.5, 0.6) is 0 Å². The van der Waals surface area contributed by atoms with Gasteiger partial charge in [-0.05, 0) is 50.9 Å². The molecule has 0 aliphatic heterocycles. The largest absolute Gasteiger partial charge is 0.296 e. The fraction of sp³-hybridized carbons (Fsp3) is 0.588. The van der Waals surface area contributed by atoms with Crippen molar-refractivity contribution in [2.24, 2.45) is 5.92 Å². The summed E-state index contributed by atoms with van der Waals surface area (Å²) in [5.41, 5.74) is 0.233. The monoisotopic (exact) mass is 295 g/mol. The Morgan fingerprint density at radius 2 is 1.90 bits per heavy atom. The minimum absolute atomic E-state index is 0.160. The molecule has 1 aromatic rings. The summed E-state index contributed by atoms with van der Waals surface area (Å²) >= 11 is 0. The van der Waals surface area contributed by atoms with Gasteiger partial charge in [0, 0.05) is 12.1 Å². The van der Waals surface area contributed by atoms with E-state index in [2.05, 4.69) is 0 Å². The zero-order valence-corrected chi connectivity index (χ0v) is 12.7. The maximum Gasteiger partial charge on any atom is 0.179 e. The molecule has 2 nitrogen and oxygen atoms in total. The normalized spacial score (nSPS) is 18.0. The number of ketones is 1. The van der Waals surface area contributed by atoms with E-state index < -0.39 is 11.6 Å². The van der Waals surface area contributed by atoms with Gasteiger partial charge >= 0.3 is 0 Å². The van der Waals surface area contributed by atoms with Gasteiger partial charge in [0.2, 0.25) is 0 Å². The molecule has 116 valence electrons. The number of benzene rings is 1. The first-order valence-electron chi connectivity index (χ1n) is 7.68.